The molecule has 1 unspecified atom stereocenters. The van der Waals surface area contributed by atoms with Crippen LogP contribution >= 0.6 is 27.5 Å². The average Bonchev–Trinajstić information content (AvgIpc) is 2.47. The number of aromatic nitrogens is 1. The summed E-state index contributed by atoms with van der Waals surface area (Å²) in [4.78, 5) is 4.07. The van der Waals surface area contributed by atoms with Gasteiger partial charge in [0.05, 0.1) is 0 Å². The molecule has 0 saturated carbocycles. The first kappa shape index (κ1) is 15.5. The molecule has 1 aromatic carbocycles. The third-order valence-electron chi connectivity index (χ3n) is 3.16. The van der Waals surface area contributed by atoms with E-state index >= 15 is 0 Å². The summed E-state index contributed by atoms with van der Waals surface area (Å²) in [6.07, 6.45) is 5.69. The molecule has 2 rings (SSSR count). The lowest BCUT2D eigenvalue weighted by Crippen LogP contribution is -2.24. The lowest BCUT2D eigenvalue weighted by molar-refractivity contribution is 0.527. The van der Waals surface area contributed by atoms with Crippen molar-refractivity contribution in [1.82, 2.24) is 10.3 Å². The summed E-state index contributed by atoms with van der Waals surface area (Å²) < 4.78 is 1.09. The minimum atomic E-state index is 0.241. The second-order valence-corrected chi connectivity index (χ2v) is 6.02. The first-order valence-corrected chi connectivity index (χ1v) is 7.95. The summed E-state index contributed by atoms with van der Waals surface area (Å²) in [6, 6.07) is 10.3. The Balaban J connectivity index is 2.24. The summed E-state index contributed by atoms with van der Waals surface area (Å²) in [5.41, 5.74) is 2.46. The monoisotopic (exact) mass is 352 g/mol. The number of halogens is 2. The summed E-state index contributed by atoms with van der Waals surface area (Å²) in [5, 5.41) is 4.36. The Morgan fingerprint density at radius 3 is 2.70 bits per heavy atom. The summed E-state index contributed by atoms with van der Waals surface area (Å²) in [7, 11) is 0. The van der Waals surface area contributed by atoms with Crippen molar-refractivity contribution in [3.63, 3.8) is 0 Å². The van der Waals surface area contributed by atoms with E-state index in [1.165, 1.54) is 11.1 Å². The normalized spacial score (nSPS) is 12.3. The van der Waals surface area contributed by atoms with Crippen LogP contribution in [0.4, 0.5) is 0 Å². The summed E-state index contributed by atoms with van der Waals surface area (Å²) >= 11 is 9.76. The van der Waals surface area contributed by atoms with Crippen LogP contribution < -0.4 is 5.32 Å². The van der Waals surface area contributed by atoms with Crippen molar-refractivity contribution in [3.8, 4) is 0 Å². The van der Waals surface area contributed by atoms with Crippen LogP contribution in [-0.4, -0.2) is 11.5 Å². The van der Waals surface area contributed by atoms with E-state index in [-0.39, 0.29) is 6.04 Å². The highest BCUT2D eigenvalue weighted by Crippen LogP contribution is 2.29. The first-order chi connectivity index (χ1) is 9.70. The standard InChI is InChI=1S/C16H18BrClN2/c1-2-7-20-16(10-12-5-8-19-9-6-12)14-11-13(18)3-4-15(14)17/h3-6,8-9,11,16,20H,2,7,10H2,1H3. The van der Waals surface area contributed by atoms with Crippen molar-refractivity contribution < 1.29 is 0 Å². The van der Waals surface area contributed by atoms with Gasteiger partial charge in [-0.2, -0.15) is 0 Å². The molecule has 0 aliphatic rings. The molecule has 0 radical (unpaired) electrons. The van der Waals surface area contributed by atoms with Gasteiger partial charge in [-0.1, -0.05) is 34.5 Å². The molecule has 0 amide bonds. The van der Waals surface area contributed by atoms with Gasteiger partial charge in [0.15, 0.2) is 0 Å². The number of rotatable bonds is 6. The van der Waals surface area contributed by atoms with E-state index in [4.69, 9.17) is 11.6 Å². The smallest absolute Gasteiger partial charge is 0.0410 e. The number of benzene rings is 1. The highest BCUT2D eigenvalue weighted by atomic mass is 79.9. The third kappa shape index (κ3) is 4.30. The zero-order valence-electron chi connectivity index (χ0n) is 11.4. The van der Waals surface area contributed by atoms with E-state index in [1.54, 1.807) is 0 Å². The molecule has 0 spiro atoms. The van der Waals surface area contributed by atoms with E-state index < -0.39 is 0 Å². The zero-order valence-corrected chi connectivity index (χ0v) is 13.8. The van der Waals surface area contributed by atoms with Crippen molar-refractivity contribution in [3.05, 3.63) is 63.3 Å². The Kier molecular flexibility index (Phi) is 6.02. The van der Waals surface area contributed by atoms with Crippen molar-refractivity contribution in [2.75, 3.05) is 6.54 Å². The van der Waals surface area contributed by atoms with Gasteiger partial charge in [0.25, 0.3) is 0 Å². The van der Waals surface area contributed by atoms with Gasteiger partial charge >= 0.3 is 0 Å². The van der Waals surface area contributed by atoms with E-state index in [2.05, 4.69) is 45.3 Å². The van der Waals surface area contributed by atoms with Crippen molar-refractivity contribution in [2.24, 2.45) is 0 Å². The van der Waals surface area contributed by atoms with Gasteiger partial charge in [0.2, 0.25) is 0 Å². The number of hydrogen-bond acceptors (Lipinski definition) is 2. The molecular weight excluding hydrogens is 336 g/mol. The highest BCUT2D eigenvalue weighted by Gasteiger charge is 2.15. The number of nitrogens with one attached hydrogen (secondary N) is 1. The van der Waals surface area contributed by atoms with Crippen LogP contribution in [0.1, 0.15) is 30.5 Å². The van der Waals surface area contributed by atoms with Gasteiger partial charge in [-0.05, 0) is 60.8 Å². The van der Waals surface area contributed by atoms with Crippen LogP contribution in [0.5, 0.6) is 0 Å². The fraction of sp³-hybridized carbons (Fsp3) is 0.312. The minimum Gasteiger partial charge on any atom is -0.310 e. The molecule has 0 fully saturated rings. The molecule has 4 heteroatoms. The molecule has 1 heterocycles. The Bertz CT molecular complexity index is 545. The Morgan fingerprint density at radius 1 is 1.25 bits per heavy atom. The fourth-order valence-corrected chi connectivity index (χ4v) is 2.85. The molecule has 2 nitrogen and oxygen atoms in total. The molecule has 1 aromatic heterocycles. The van der Waals surface area contributed by atoms with Crippen LogP contribution in [0.15, 0.2) is 47.2 Å². The fourth-order valence-electron chi connectivity index (χ4n) is 2.15. The lowest BCUT2D eigenvalue weighted by Gasteiger charge is -2.21. The maximum atomic E-state index is 6.14. The third-order valence-corrected chi connectivity index (χ3v) is 4.12. The molecule has 1 N–H and O–H groups in total. The molecule has 0 aliphatic heterocycles. The van der Waals surface area contributed by atoms with Crippen LogP contribution in [0, 0.1) is 0 Å². The van der Waals surface area contributed by atoms with Crippen LogP contribution in [0.3, 0.4) is 0 Å². The van der Waals surface area contributed by atoms with Gasteiger partial charge in [-0.25, -0.2) is 0 Å². The molecule has 0 saturated heterocycles. The highest BCUT2D eigenvalue weighted by molar-refractivity contribution is 9.10. The van der Waals surface area contributed by atoms with Crippen molar-refractivity contribution in [2.45, 2.75) is 25.8 Å². The SMILES string of the molecule is CCCNC(Cc1ccncc1)c1cc(Cl)ccc1Br. The molecule has 106 valence electrons. The largest absolute Gasteiger partial charge is 0.310 e. The predicted molar refractivity (Wildman–Crippen MR) is 88.1 cm³/mol. The number of nitrogens with zero attached hydrogens (tertiary/aromatic N) is 1. The number of hydrogen-bond donors (Lipinski definition) is 1. The average molecular weight is 354 g/mol. The number of pyridine rings is 1. The molecule has 1 atom stereocenters. The van der Waals surface area contributed by atoms with E-state index in [0.717, 1.165) is 28.9 Å². The van der Waals surface area contributed by atoms with Gasteiger partial charge < -0.3 is 5.32 Å². The van der Waals surface area contributed by atoms with Gasteiger partial charge in [-0.15, -0.1) is 0 Å². The quantitative estimate of drug-likeness (QED) is 0.808. The van der Waals surface area contributed by atoms with Crippen LogP contribution in [0.2, 0.25) is 5.02 Å². The van der Waals surface area contributed by atoms with Gasteiger partial charge in [0.1, 0.15) is 0 Å². The first-order valence-electron chi connectivity index (χ1n) is 6.78. The molecular formula is C16H18BrClN2. The zero-order chi connectivity index (χ0) is 14.4. The predicted octanol–water partition coefficient (Wildman–Crippen LogP) is 4.78. The minimum absolute atomic E-state index is 0.241. The lowest BCUT2D eigenvalue weighted by atomic mass is 9.99. The maximum Gasteiger partial charge on any atom is 0.0410 e. The van der Waals surface area contributed by atoms with Gasteiger partial charge in [-0.3, -0.25) is 4.98 Å². The van der Waals surface area contributed by atoms with Gasteiger partial charge in [0, 0.05) is 27.9 Å². The van der Waals surface area contributed by atoms with Crippen LogP contribution in [0.25, 0.3) is 0 Å². The Hall–Kier alpha value is -0.900. The molecule has 0 aliphatic carbocycles. The van der Waals surface area contributed by atoms with E-state index in [1.807, 2.05) is 30.6 Å². The molecule has 2 aromatic rings. The summed E-state index contributed by atoms with van der Waals surface area (Å²) in [6.45, 7) is 3.15. The Labute approximate surface area is 133 Å². The van der Waals surface area contributed by atoms with Crippen molar-refractivity contribution >= 4 is 27.5 Å². The molecule has 0 bridgehead atoms. The van der Waals surface area contributed by atoms with E-state index in [0.29, 0.717) is 0 Å². The maximum absolute atomic E-state index is 6.14. The Morgan fingerprint density at radius 2 is 2.00 bits per heavy atom. The van der Waals surface area contributed by atoms with Crippen LogP contribution in [-0.2, 0) is 6.42 Å². The second kappa shape index (κ2) is 7.77. The topological polar surface area (TPSA) is 24.9 Å². The van der Waals surface area contributed by atoms with Crippen molar-refractivity contribution in [1.29, 1.82) is 0 Å². The second-order valence-electron chi connectivity index (χ2n) is 4.73. The van der Waals surface area contributed by atoms with E-state index in [9.17, 15) is 0 Å². The summed E-state index contributed by atoms with van der Waals surface area (Å²) in [5.74, 6) is 0. The molecule has 20 heavy (non-hydrogen) atoms.